The Morgan fingerprint density at radius 3 is 2.96 bits per heavy atom. The van der Waals surface area contributed by atoms with Crippen LogP contribution in [0, 0.1) is 18.3 Å². The molecule has 0 bridgehead atoms. The molecule has 1 aliphatic heterocycles. The molecule has 2 fully saturated rings. The Morgan fingerprint density at radius 2 is 2.25 bits per heavy atom. The van der Waals surface area contributed by atoms with Crippen molar-refractivity contribution >= 4 is 29.1 Å². The molecule has 6 heteroatoms. The number of halogens is 1. The Hall–Kier alpha value is -1.59. The molecule has 3 rings (SSSR count). The number of piperidine rings is 1. The highest BCUT2D eigenvalue weighted by Gasteiger charge is 2.57. The van der Waals surface area contributed by atoms with Crippen LogP contribution in [0.2, 0.25) is 5.02 Å². The standard InChI is InChI=1S/C18H24ClN3O2/c1-12-3-4-15(14(19)9-12)22-16(23)5-8-21-17(24)13-10-18(13)6-2-7-20-11-18/h3-4,9,13,20H,2,5-8,10-11H2,1H3,(H,21,24)(H,22,23). The van der Waals surface area contributed by atoms with Crippen LogP contribution in [0.25, 0.3) is 0 Å². The van der Waals surface area contributed by atoms with Gasteiger partial charge in [-0.2, -0.15) is 0 Å². The van der Waals surface area contributed by atoms with Gasteiger partial charge in [0, 0.05) is 25.4 Å². The zero-order valence-electron chi connectivity index (χ0n) is 14.0. The average Bonchev–Trinajstić information content (AvgIpc) is 3.24. The van der Waals surface area contributed by atoms with Crippen molar-refractivity contribution in [1.29, 1.82) is 0 Å². The number of hydrogen-bond acceptors (Lipinski definition) is 3. The zero-order chi connectivity index (χ0) is 17.2. The van der Waals surface area contributed by atoms with Crippen LogP contribution >= 0.6 is 11.6 Å². The fraction of sp³-hybridized carbons (Fsp3) is 0.556. The monoisotopic (exact) mass is 349 g/mol. The van der Waals surface area contributed by atoms with Crippen molar-refractivity contribution in [3.63, 3.8) is 0 Å². The summed E-state index contributed by atoms with van der Waals surface area (Å²) in [7, 11) is 0. The van der Waals surface area contributed by atoms with Crippen molar-refractivity contribution in [3.8, 4) is 0 Å². The summed E-state index contributed by atoms with van der Waals surface area (Å²) in [6, 6.07) is 5.50. The van der Waals surface area contributed by atoms with E-state index in [0.717, 1.165) is 37.9 Å². The summed E-state index contributed by atoms with van der Waals surface area (Å²) in [4.78, 5) is 24.2. The highest BCUT2D eigenvalue weighted by atomic mass is 35.5. The second-order valence-electron chi connectivity index (χ2n) is 6.97. The molecule has 1 saturated heterocycles. The molecule has 2 amide bonds. The van der Waals surface area contributed by atoms with E-state index in [1.54, 1.807) is 6.07 Å². The predicted molar refractivity (Wildman–Crippen MR) is 95.1 cm³/mol. The van der Waals surface area contributed by atoms with E-state index >= 15 is 0 Å². The number of anilines is 1. The quantitative estimate of drug-likeness (QED) is 0.764. The summed E-state index contributed by atoms with van der Waals surface area (Å²) in [5, 5.41) is 9.58. The minimum Gasteiger partial charge on any atom is -0.355 e. The number of rotatable bonds is 5. The molecule has 1 heterocycles. The van der Waals surface area contributed by atoms with Crippen molar-refractivity contribution in [2.45, 2.75) is 32.6 Å². The van der Waals surface area contributed by atoms with Crippen molar-refractivity contribution in [2.24, 2.45) is 11.3 Å². The first-order valence-corrected chi connectivity index (χ1v) is 8.92. The Kier molecular flexibility index (Phi) is 5.11. The van der Waals surface area contributed by atoms with E-state index < -0.39 is 0 Å². The molecule has 1 aliphatic carbocycles. The van der Waals surface area contributed by atoms with E-state index in [1.165, 1.54) is 0 Å². The van der Waals surface area contributed by atoms with E-state index in [4.69, 9.17) is 11.6 Å². The third kappa shape index (κ3) is 3.90. The molecule has 5 nitrogen and oxygen atoms in total. The Labute approximate surface area is 147 Å². The van der Waals surface area contributed by atoms with Crippen LogP contribution in [0.3, 0.4) is 0 Å². The maximum absolute atomic E-state index is 12.2. The van der Waals surface area contributed by atoms with Crippen molar-refractivity contribution < 1.29 is 9.59 Å². The number of hydrogen-bond donors (Lipinski definition) is 3. The number of nitrogens with one attached hydrogen (secondary N) is 3. The lowest BCUT2D eigenvalue weighted by Gasteiger charge is -2.23. The fourth-order valence-electron chi connectivity index (χ4n) is 3.54. The van der Waals surface area contributed by atoms with Gasteiger partial charge < -0.3 is 16.0 Å². The second kappa shape index (κ2) is 7.11. The van der Waals surface area contributed by atoms with E-state index in [1.807, 2.05) is 19.1 Å². The molecule has 0 aromatic heterocycles. The van der Waals surface area contributed by atoms with Gasteiger partial charge in [0.05, 0.1) is 10.7 Å². The van der Waals surface area contributed by atoms with Crippen molar-refractivity contribution in [1.82, 2.24) is 10.6 Å². The third-order valence-electron chi connectivity index (χ3n) is 5.06. The van der Waals surface area contributed by atoms with Crippen molar-refractivity contribution in [2.75, 3.05) is 25.0 Å². The van der Waals surface area contributed by atoms with Crippen LogP contribution in [-0.2, 0) is 9.59 Å². The summed E-state index contributed by atoms with van der Waals surface area (Å²) >= 11 is 6.10. The normalized spacial score (nSPS) is 25.3. The Bertz CT molecular complexity index is 641. The van der Waals surface area contributed by atoms with Gasteiger partial charge in [-0.05, 0) is 55.8 Å². The third-order valence-corrected chi connectivity index (χ3v) is 5.37. The smallest absolute Gasteiger partial charge is 0.226 e. The number of aryl methyl sites for hydroxylation is 1. The molecule has 1 aromatic rings. The molecule has 24 heavy (non-hydrogen) atoms. The number of carbonyl (C=O) groups is 2. The van der Waals surface area contributed by atoms with Gasteiger partial charge in [-0.15, -0.1) is 0 Å². The average molecular weight is 350 g/mol. The molecule has 1 aromatic carbocycles. The van der Waals surface area contributed by atoms with E-state index in [9.17, 15) is 9.59 Å². The SMILES string of the molecule is Cc1ccc(NC(=O)CCNC(=O)C2CC23CCCNC3)c(Cl)c1. The Morgan fingerprint density at radius 1 is 1.42 bits per heavy atom. The molecule has 1 saturated carbocycles. The van der Waals surface area contributed by atoms with Gasteiger partial charge in [0.2, 0.25) is 11.8 Å². The van der Waals surface area contributed by atoms with E-state index in [0.29, 0.717) is 17.3 Å². The minimum atomic E-state index is -0.147. The number of benzene rings is 1. The molecular weight excluding hydrogens is 326 g/mol. The van der Waals surface area contributed by atoms with Crippen LogP contribution in [0.5, 0.6) is 0 Å². The highest BCUT2D eigenvalue weighted by molar-refractivity contribution is 6.33. The topological polar surface area (TPSA) is 70.2 Å². The minimum absolute atomic E-state index is 0.0832. The van der Waals surface area contributed by atoms with Gasteiger partial charge in [0.1, 0.15) is 0 Å². The number of carbonyl (C=O) groups excluding carboxylic acids is 2. The summed E-state index contributed by atoms with van der Waals surface area (Å²) in [5.41, 5.74) is 1.83. The van der Waals surface area contributed by atoms with E-state index in [-0.39, 0.29) is 29.6 Å². The lowest BCUT2D eigenvalue weighted by Crippen LogP contribution is -2.36. The number of amides is 2. The van der Waals surface area contributed by atoms with E-state index in [2.05, 4.69) is 16.0 Å². The summed E-state index contributed by atoms with van der Waals surface area (Å²) < 4.78 is 0. The molecule has 130 valence electrons. The highest BCUT2D eigenvalue weighted by Crippen LogP contribution is 2.56. The van der Waals surface area contributed by atoms with Gasteiger partial charge in [-0.1, -0.05) is 17.7 Å². The molecule has 3 N–H and O–H groups in total. The summed E-state index contributed by atoms with van der Waals surface area (Å²) in [6.07, 6.45) is 3.49. The van der Waals surface area contributed by atoms with Crippen LogP contribution in [0.1, 0.15) is 31.2 Å². The first-order valence-electron chi connectivity index (χ1n) is 8.55. The van der Waals surface area contributed by atoms with Crippen LogP contribution < -0.4 is 16.0 Å². The maximum atomic E-state index is 12.2. The lowest BCUT2D eigenvalue weighted by atomic mass is 9.93. The molecule has 0 radical (unpaired) electrons. The van der Waals surface area contributed by atoms with Gasteiger partial charge in [-0.25, -0.2) is 0 Å². The summed E-state index contributed by atoms with van der Waals surface area (Å²) in [5.74, 6) is 0.0469. The maximum Gasteiger partial charge on any atom is 0.226 e. The van der Waals surface area contributed by atoms with Crippen LogP contribution in [-0.4, -0.2) is 31.4 Å². The van der Waals surface area contributed by atoms with Gasteiger partial charge in [0.25, 0.3) is 0 Å². The van der Waals surface area contributed by atoms with Gasteiger partial charge >= 0.3 is 0 Å². The lowest BCUT2D eigenvalue weighted by molar-refractivity contribution is -0.123. The molecular formula is C18H24ClN3O2. The molecule has 2 atom stereocenters. The predicted octanol–water partition coefficient (Wildman–Crippen LogP) is 2.48. The van der Waals surface area contributed by atoms with Gasteiger partial charge in [-0.3, -0.25) is 9.59 Å². The molecule has 1 spiro atoms. The zero-order valence-corrected chi connectivity index (χ0v) is 14.7. The van der Waals surface area contributed by atoms with Crippen molar-refractivity contribution in [3.05, 3.63) is 28.8 Å². The largest absolute Gasteiger partial charge is 0.355 e. The van der Waals surface area contributed by atoms with Crippen LogP contribution in [0.4, 0.5) is 5.69 Å². The summed E-state index contributed by atoms with van der Waals surface area (Å²) in [6.45, 7) is 4.29. The first kappa shape index (κ1) is 17.2. The van der Waals surface area contributed by atoms with Gasteiger partial charge in [0.15, 0.2) is 0 Å². The van der Waals surface area contributed by atoms with Crippen LogP contribution in [0.15, 0.2) is 18.2 Å². The Balaban J connectivity index is 1.40. The fourth-order valence-corrected chi connectivity index (χ4v) is 3.82. The molecule has 2 aliphatic rings. The first-order chi connectivity index (χ1) is 11.5. The molecule has 2 unspecified atom stereocenters. The second-order valence-corrected chi connectivity index (χ2v) is 7.38.